The number of nitrogens with two attached hydrogens (primary N) is 1. The molecule has 3 rings (SSSR count). The molecule has 1 aliphatic heterocycles. The fourth-order valence-electron chi connectivity index (χ4n) is 3.66. The van der Waals surface area contributed by atoms with E-state index in [1.165, 1.54) is 19.3 Å². The van der Waals surface area contributed by atoms with Crippen molar-refractivity contribution in [3.63, 3.8) is 0 Å². The number of halogens is 5. The molecule has 0 spiro atoms. The fraction of sp³-hybridized carbons (Fsp3) is 0.364. The minimum atomic E-state index is -4.61. The zero-order chi connectivity index (χ0) is 23.7. The summed E-state index contributed by atoms with van der Waals surface area (Å²) in [6, 6.07) is 5.04. The summed E-state index contributed by atoms with van der Waals surface area (Å²) in [5, 5.41) is 10.9. The van der Waals surface area contributed by atoms with Crippen molar-refractivity contribution in [1.82, 2.24) is 4.98 Å². The average Bonchev–Trinajstić information content (AvgIpc) is 2.73. The summed E-state index contributed by atoms with van der Waals surface area (Å²) in [5.74, 6) is -2.02. The van der Waals surface area contributed by atoms with Gasteiger partial charge in [0.1, 0.15) is 5.82 Å². The molecule has 1 aromatic carbocycles. The molecule has 1 aromatic heterocycles. The van der Waals surface area contributed by atoms with Crippen molar-refractivity contribution in [2.45, 2.75) is 31.5 Å². The summed E-state index contributed by atoms with van der Waals surface area (Å²) in [5.41, 5.74) is 4.30. The molecule has 0 radical (unpaired) electrons. The molecule has 32 heavy (non-hydrogen) atoms. The first-order chi connectivity index (χ1) is 14.9. The molecule has 10 heteroatoms. The number of pyridine rings is 1. The smallest absolute Gasteiger partial charge is 0.402 e. The van der Waals surface area contributed by atoms with E-state index in [0.29, 0.717) is 0 Å². The molecule has 0 saturated carbocycles. The Hall–Kier alpha value is -3.01. The van der Waals surface area contributed by atoms with Gasteiger partial charge in [0.25, 0.3) is 0 Å². The predicted molar refractivity (Wildman–Crippen MR) is 112 cm³/mol. The standard InChI is InChI=1S/C22H23F5N4O/c1-13(28)16(12-29-2)19-10-15(22(25,26)27)11-20(30-19)31-7-5-21(32,6-8-31)14-3-4-17(23)18(24)9-14/h3-4,9-12,32H,5-8,28H2,1-2H3/b16-13+,29-12?. The molecular weight excluding hydrogens is 431 g/mol. The predicted octanol–water partition coefficient (Wildman–Crippen LogP) is 4.26. The zero-order valence-electron chi connectivity index (χ0n) is 17.5. The molecule has 172 valence electrons. The maximum atomic E-state index is 13.6. The fourth-order valence-corrected chi connectivity index (χ4v) is 3.66. The first-order valence-electron chi connectivity index (χ1n) is 9.85. The second-order valence-corrected chi connectivity index (χ2v) is 7.73. The minimum absolute atomic E-state index is 0.0295. The molecule has 1 aliphatic rings. The Morgan fingerprint density at radius 2 is 1.81 bits per heavy atom. The van der Waals surface area contributed by atoms with Crippen LogP contribution in [0.4, 0.5) is 27.8 Å². The number of hydrogen-bond donors (Lipinski definition) is 2. The van der Waals surface area contributed by atoms with Crippen LogP contribution in [0.15, 0.2) is 41.0 Å². The molecule has 0 aliphatic carbocycles. The molecule has 2 heterocycles. The van der Waals surface area contributed by atoms with Gasteiger partial charge in [-0.25, -0.2) is 13.8 Å². The SMILES string of the molecule is CN=C/C(=C(/C)N)c1cc(C(F)(F)F)cc(N2CCC(O)(c3ccc(F)c(F)c3)CC2)n1. The monoisotopic (exact) mass is 454 g/mol. The summed E-state index contributed by atoms with van der Waals surface area (Å²) in [6.07, 6.45) is -3.06. The van der Waals surface area contributed by atoms with Gasteiger partial charge in [-0.1, -0.05) is 6.07 Å². The summed E-state index contributed by atoms with van der Waals surface area (Å²) in [4.78, 5) is 9.82. The number of aromatic nitrogens is 1. The summed E-state index contributed by atoms with van der Waals surface area (Å²) < 4.78 is 67.5. The second kappa shape index (κ2) is 8.85. The van der Waals surface area contributed by atoms with Gasteiger partial charge in [-0.15, -0.1) is 0 Å². The number of aliphatic hydroxyl groups is 1. The van der Waals surface area contributed by atoms with E-state index in [2.05, 4.69) is 9.98 Å². The zero-order valence-corrected chi connectivity index (χ0v) is 17.5. The van der Waals surface area contributed by atoms with Crippen molar-refractivity contribution in [1.29, 1.82) is 0 Å². The number of benzene rings is 1. The third kappa shape index (κ3) is 4.90. The number of rotatable bonds is 4. The van der Waals surface area contributed by atoms with Gasteiger partial charge in [-0.3, -0.25) is 4.99 Å². The number of hydrogen-bond acceptors (Lipinski definition) is 5. The van der Waals surface area contributed by atoms with Crippen LogP contribution in [0.3, 0.4) is 0 Å². The van der Waals surface area contributed by atoms with Crippen LogP contribution in [-0.2, 0) is 11.8 Å². The molecule has 0 unspecified atom stereocenters. The molecule has 3 N–H and O–H groups in total. The molecule has 1 fully saturated rings. The Morgan fingerprint density at radius 1 is 1.16 bits per heavy atom. The highest BCUT2D eigenvalue weighted by molar-refractivity contribution is 6.10. The van der Waals surface area contributed by atoms with Crippen LogP contribution in [0.2, 0.25) is 0 Å². The average molecular weight is 454 g/mol. The van der Waals surface area contributed by atoms with Gasteiger partial charge in [0.15, 0.2) is 11.6 Å². The molecule has 0 amide bonds. The number of anilines is 1. The summed E-state index contributed by atoms with van der Waals surface area (Å²) in [7, 11) is 1.47. The highest BCUT2D eigenvalue weighted by atomic mass is 19.4. The van der Waals surface area contributed by atoms with E-state index in [0.717, 1.165) is 24.3 Å². The number of piperidine rings is 1. The molecule has 0 bridgehead atoms. The van der Waals surface area contributed by atoms with Crippen molar-refractivity contribution in [3.8, 4) is 0 Å². The van der Waals surface area contributed by atoms with Crippen molar-refractivity contribution >= 4 is 17.6 Å². The number of alkyl halides is 3. The summed E-state index contributed by atoms with van der Waals surface area (Å²) >= 11 is 0. The quantitative estimate of drug-likeness (QED) is 0.535. The van der Waals surface area contributed by atoms with E-state index in [4.69, 9.17) is 5.73 Å². The largest absolute Gasteiger partial charge is 0.416 e. The van der Waals surface area contributed by atoms with Gasteiger partial charge in [-0.05, 0) is 49.6 Å². The van der Waals surface area contributed by atoms with Gasteiger partial charge < -0.3 is 15.7 Å². The van der Waals surface area contributed by atoms with Crippen LogP contribution in [0.1, 0.15) is 36.6 Å². The second-order valence-electron chi connectivity index (χ2n) is 7.73. The number of aliphatic imine (C=N–C) groups is 1. The highest BCUT2D eigenvalue weighted by Crippen LogP contribution is 2.37. The van der Waals surface area contributed by atoms with Crippen molar-refractivity contribution in [2.75, 3.05) is 25.0 Å². The summed E-state index contributed by atoms with van der Waals surface area (Å²) in [6.45, 7) is 1.86. The van der Waals surface area contributed by atoms with Crippen LogP contribution in [0.25, 0.3) is 5.57 Å². The normalized spacial score (nSPS) is 17.6. The van der Waals surface area contributed by atoms with E-state index >= 15 is 0 Å². The first kappa shape index (κ1) is 23.6. The van der Waals surface area contributed by atoms with Gasteiger partial charge in [0.05, 0.1) is 16.9 Å². The Kier molecular flexibility index (Phi) is 6.54. The number of nitrogens with zero attached hydrogens (tertiary/aromatic N) is 3. The minimum Gasteiger partial charge on any atom is -0.402 e. The highest BCUT2D eigenvalue weighted by Gasteiger charge is 2.37. The Balaban J connectivity index is 1.94. The topological polar surface area (TPSA) is 74.7 Å². The Labute approximate surface area is 182 Å². The maximum Gasteiger partial charge on any atom is 0.416 e. The van der Waals surface area contributed by atoms with Crippen LogP contribution in [0.5, 0.6) is 0 Å². The Bertz CT molecular complexity index is 1050. The number of allylic oxidation sites excluding steroid dienone is 2. The van der Waals surface area contributed by atoms with Crippen molar-refractivity contribution < 1.29 is 27.1 Å². The lowest BCUT2D eigenvalue weighted by Gasteiger charge is -2.39. The van der Waals surface area contributed by atoms with E-state index in [1.54, 1.807) is 11.8 Å². The van der Waals surface area contributed by atoms with E-state index in [1.807, 2.05) is 0 Å². The molecule has 5 nitrogen and oxygen atoms in total. The van der Waals surface area contributed by atoms with Crippen LogP contribution >= 0.6 is 0 Å². The van der Waals surface area contributed by atoms with Gasteiger partial charge >= 0.3 is 6.18 Å². The van der Waals surface area contributed by atoms with Gasteiger partial charge in [0, 0.05) is 37.6 Å². The van der Waals surface area contributed by atoms with Gasteiger partial charge in [0.2, 0.25) is 0 Å². The third-order valence-electron chi connectivity index (χ3n) is 5.47. The molecule has 2 aromatic rings. The van der Waals surface area contributed by atoms with E-state index in [9.17, 15) is 27.1 Å². The van der Waals surface area contributed by atoms with Crippen LogP contribution in [0, 0.1) is 11.6 Å². The van der Waals surface area contributed by atoms with Crippen molar-refractivity contribution in [2.24, 2.45) is 10.7 Å². The molecular formula is C22H23F5N4O. The first-order valence-corrected chi connectivity index (χ1v) is 9.85. The lowest BCUT2D eigenvalue weighted by Crippen LogP contribution is -2.43. The maximum absolute atomic E-state index is 13.6. The molecule has 1 saturated heterocycles. The third-order valence-corrected chi connectivity index (χ3v) is 5.47. The lowest BCUT2D eigenvalue weighted by molar-refractivity contribution is -0.137. The Morgan fingerprint density at radius 3 is 2.34 bits per heavy atom. The molecule has 0 atom stereocenters. The van der Waals surface area contributed by atoms with Crippen molar-refractivity contribution in [3.05, 3.63) is 64.5 Å². The van der Waals surface area contributed by atoms with Crippen LogP contribution in [-0.4, -0.2) is 36.4 Å². The lowest BCUT2D eigenvalue weighted by atomic mass is 9.84. The van der Waals surface area contributed by atoms with E-state index in [-0.39, 0.29) is 54.3 Å². The van der Waals surface area contributed by atoms with E-state index < -0.39 is 29.0 Å². The van der Waals surface area contributed by atoms with Gasteiger partial charge in [-0.2, -0.15) is 13.2 Å². The van der Waals surface area contributed by atoms with Crippen LogP contribution < -0.4 is 10.6 Å².